The van der Waals surface area contributed by atoms with E-state index >= 15 is 0 Å². The number of hydrogen-bond donors (Lipinski definition) is 1. The van der Waals surface area contributed by atoms with Crippen molar-refractivity contribution in [3.8, 4) is 11.1 Å². The van der Waals surface area contributed by atoms with Crippen LogP contribution in [-0.4, -0.2) is 11.0 Å². The van der Waals surface area contributed by atoms with E-state index in [1.807, 2.05) is 30.6 Å². The molecule has 1 aromatic carbocycles. The number of nitrogens with one attached hydrogen (secondary N) is 1. The largest absolute Gasteiger partial charge is 0.310 e. The van der Waals surface area contributed by atoms with Gasteiger partial charge in [-0.1, -0.05) is 31.5 Å². The molecule has 0 saturated heterocycles. The molecule has 1 heterocycles. The van der Waals surface area contributed by atoms with E-state index in [2.05, 4.69) is 37.1 Å². The van der Waals surface area contributed by atoms with E-state index in [4.69, 9.17) is 11.6 Å². The van der Waals surface area contributed by atoms with Gasteiger partial charge in [-0.2, -0.15) is 0 Å². The zero-order chi connectivity index (χ0) is 13.8. The highest BCUT2D eigenvalue weighted by Crippen LogP contribution is 2.26. The van der Waals surface area contributed by atoms with Gasteiger partial charge in [-0.25, -0.2) is 0 Å². The van der Waals surface area contributed by atoms with Crippen LogP contribution in [0.15, 0.2) is 36.7 Å². The fourth-order valence-corrected chi connectivity index (χ4v) is 2.14. The summed E-state index contributed by atoms with van der Waals surface area (Å²) in [4.78, 5) is 4.20. The van der Waals surface area contributed by atoms with Gasteiger partial charge in [0, 0.05) is 35.6 Å². The predicted molar refractivity (Wildman–Crippen MR) is 81.4 cm³/mol. The molecule has 0 saturated carbocycles. The lowest BCUT2D eigenvalue weighted by Crippen LogP contribution is -2.22. The summed E-state index contributed by atoms with van der Waals surface area (Å²) >= 11 is 6.25. The molecule has 0 bridgehead atoms. The zero-order valence-corrected chi connectivity index (χ0v) is 12.3. The number of rotatable bonds is 4. The van der Waals surface area contributed by atoms with Crippen molar-refractivity contribution >= 4 is 11.6 Å². The van der Waals surface area contributed by atoms with Gasteiger partial charge >= 0.3 is 0 Å². The Bertz CT molecular complexity index is 564. The van der Waals surface area contributed by atoms with Crippen LogP contribution < -0.4 is 5.32 Å². The van der Waals surface area contributed by atoms with Crippen molar-refractivity contribution in [1.29, 1.82) is 0 Å². The average Bonchev–Trinajstić information content (AvgIpc) is 2.38. The second kappa shape index (κ2) is 6.18. The first-order valence-corrected chi connectivity index (χ1v) is 6.88. The summed E-state index contributed by atoms with van der Waals surface area (Å²) in [6, 6.07) is 8.61. The normalized spacial score (nSPS) is 11.0. The molecule has 0 amide bonds. The SMILES string of the molecule is Cc1ccncc1-c1ccc(Cl)c(CNC(C)C)c1. The van der Waals surface area contributed by atoms with Gasteiger partial charge < -0.3 is 5.32 Å². The molecule has 0 unspecified atom stereocenters. The van der Waals surface area contributed by atoms with Gasteiger partial charge in [0.25, 0.3) is 0 Å². The molecular formula is C16H19ClN2. The smallest absolute Gasteiger partial charge is 0.0451 e. The lowest BCUT2D eigenvalue weighted by Gasteiger charge is -2.12. The van der Waals surface area contributed by atoms with E-state index < -0.39 is 0 Å². The standard InChI is InChI=1S/C16H19ClN2/c1-11(2)19-9-14-8-13(4-5-16(14)17)15-10-18-7-6-12(15)3/h4-8,10-11,19H,9H2,1-3H3. The third-order valence-electron chi connectivity index (χ3n) is 3.10. The molecule has 1 aromatic heterocycles. The summed E-state index contributed by atoms with van der Waals surface area (Å²) in [7, 11) is 0. The maximum atomic E-state index is 6.25. The second-order valence-corrected chi connectivity index (χ2v) is 5.44. The Balaban J connectivity index is 2.33. The molecule has 2 nitrogen and oxygen atoms in total. The quantitative estimate of drug-likeness (QED) is 0.903. The van der Waals surface area contributed by atoms with Gasteiger partial charge in [-0.15, -0.1) is 0 Å². The highest BCUT2D eigenvalue weighted by Gasteiger charge is 2.06. The van der Waals surface area contributed by atoms with Crippen molar-refractivity contribution in [1.82, 2.24) is 10.3 Å². The fraction of sp³-hybridized carbons (Fsp3) is 0.312. The number of hydrogen-bond acceptors (Lipinski definition) is 2. The molecule has 19 heavy (non-hydrogen) atoms. The third kappa shape index (κ3) is 3.55. The summed E-state index contributed by atoms with van der Waals surface area (Å²) in [5.41, 5.74) is 4.66. The average molecular weight is 275 g/mol. The van der Waals surface area contributed by atoms with Crippen molar-refractivity contribution < 1.29 is 0 Å². The molecule has 0 aliphatic carbocycles. The van der Waals surface area contributed by atoms with E-state index in [0.717, 1.165) is 28.3 Å². The van der Waals surface area contributed by atoms with Crippen LogP contribution in [0.25, 0.3) is 11.1 Å². The summed E-state index contributed by atoms with van der Waals surface area (Å²) in [6.45, 7) is 7.13. The summed E-state index contributed by atoms with van der Waals surface area (Å²) < 4.78 is 0. The van der Waals surface area contributed by atoms with Crippen LogP contribution in [-0.2, 0) is 6.54 Å². The Kier molecular flexibility index (Phi) is 4.56. The molecule has 100 valence electrons. The number of aromatic nitrogens is 1. The van der Waals surface area contributed by atoms with Crippen molar-refractivity contribution in [2.24, 2.45) is 0 Å². The number of pyridine rings is 1. The first kappa shape index (κ1) is 14.0. The molecule has 0 radical (unpaired) electrons. The minimum Gasteiger partial charge on any atom is -0.310 e. The van der Waals surface area contributed by atoms with E-state index in [1.54, 1.807) is 0 Å². The molecular weight excluding hydrogens is 256 g/mol. The highest BCUT2D eigenvalue weighted by atomic mass is 35.5. The summed E-state index contributed by atoms with van der Waals surface area (Å²) in [6.07, 6.45) is 3.72. The van der Waals surface area contributed by atoms with Gasteiger partial charge in [0.05, 0.1) is 0 Å². The molecule has 0 atom stereocenters. The van der Waals surface area contributed by atoms with Crippen molar-refractivity contribution in [2.45, 2.75) is 33.4 Å². The summed E-state index contributed by atoms with van der Waals surface area (Å²) in [5.74, 6) is 0. The maximum absolute atomic E-state index is 6.25. The van der Waals surface area contributed by atoms with Crippen LogP contribution in [0.4, 0.5) is 0 Å². The predicted octanol–water partition coefficient (Wildman–Crippen LogP) is 4.21. The van der Waals surface area contributed by atoms with Crippen LogP contribution in [0.1, 0.15) is 25.0 Å². The second-order valence-electron chi connectivity index (χ2n) is 5.03. The number of halogens is 1. The third-order valence-corrected chi connectivity index (χ3v) is 3.47. The van der Waals surface area contributed by atoms with Crippen LogP contribution in [0.5, 0.6) is 0 Å². The van der Waals surface area contributed by atoms with Crippen LogP contribution in [0.2, 0.25) is 5.02 Å². The molecule has 0 fully saturated rings. The first-order valence-electron chi connectivity index (χ1n) is 6.50. The molecule has 3 heteroatoms. The van der Waals surface area contributed by atoms with Gasteiger partial charge in [-0.05, 0) is 41.8 Å². The number of benzene rings is 1. The number of aryl methyl sites for hydroxylation is 1. The maximum Gasteiger partial charge on any atom is 0.0451 e. The van der Waals surface area contributed by atoms with Crippen LogP contribution in [0.3, 0.4) is 0 Å². The van der Waals surface area contributed by atoms with Gasteiger partial charge in [0.1, 0.15) is 0 Å². The Morgan fingerprint density at radius 2 is 2.05 bits per heavy atom. The minimum absolute atomic E-state index is 0.444. The Labute approximate surface area is 119 Å². The molecule has 0 spiro atoms. The lowest BCUT2D eigenvalue weighted by molar-refractivity contribution is 0.589. The molecule has 2 aromatic rings. The van der Waals surface area contributed by atoms with Gasteiger partial charge in [-0.3, -0.25) is 4.98 Å². The minimum atomic E-state index is 0.444. The lowest BCUT2D eigenvalue weighted by atomic mass is 10.0. The fourth-order valence-electron chi connectivity index (χ4n) is 1.96. The van der Waals surface area contributed by atoms with E-state index in [9.17, 15) is 0 Å². The van der Waals surface area contributed by atoms with Crippen molar-refractivity contribution in [3.63, 3.8) is 0 Å². The molecule has 2 rings (SSSR count). The Morgan fingerprint density at radius 1 is 1.26 bits per heavy atom. The van der Waals surface area contributed by atoms with Gasteiger partial charge in [0.2, 0.25) is 0 Å². The highest BCUT2D eigenvalue weighted by molar-refractivity contribution is 6.31. The topological polar surface area (TPSA) is 24.9 Å². The van der Waals surface area contributed by atoms with Gasteiger partial charge in [0.15, 0.2) is 0 Å². The first-order chi connectivity index (χ1) is 9.08. The molecule has 0 aliphatic rings. The monoisotopic (exact) mass is 274 g/mol. The van der Waals surface area contributed by atoms with E-state index in [1.165, 1.54) is 5.56 Å². The van der Waals surface area contributed by atoms with Crippen molar-refractivity contribution in [3.05, 3.63) is 52.8 Å². The van der Waals surface area contributed by atoms with Crippen LogP contribution in [0, 0.1) is 6.92 Å². The van der Waals surface area contributed by atoms with E-state index in [-0.39, 0.29) is 0 Å². The van der Waals surface area contributed by atoms with Crippen LogP contribution >= 0.6 is 11.6 Å². The summed E-state index contributed by atoms with van der Waals surface area (Å²) in [5, 5.41) is 4.20. The molecule has 0 aliphatic heterocycles. The number of nitrogens with zero attached hydrogens (tertiary/aromatic N) is 1. The van der Waals surface area contributed by atoms with Crippen molar-refractivity contribution in [2.75, 3.05) is 0 Å². The zero-order valence-electron chi connectivity index (χ0n) is 11.6. The Hall–Kier alpha value is -1.38. The molecule has 1 N–H and O–H groups in total. The van der Waals surface area contributed by atoms with E-state index in [0.29, 0.717) is 6.04 Å². The Morgan fingerprint density at radius 3 is 2.74 bits per heavy atom.